The average Bonchev–Trinajstić information content (AvgIpc) is 2.41. The first kappa shape index (κ1) is 13.3. The van der Waals surface area contributed by atoms with E-state index < -0.39 is 4.92 Å². The normalized spacial score (nSPS) is 8.67. The Kier molecular flexibility index (Phi) is 4.97. The van der Waals surface area contributed by atoms with Gasteiger partial charge in [-0.3, -0.25) is 10.1 Å². The second kappa shape index (κ2) is 6.73. The molecule has 0 saturated carbocycles. The maximum absolute atomic E-state index is 10.5. The Hall–Kier alpha value is -2.78. The van der Waals surface area contributed by atoms with Crippen molar-refractivity contribution < 1.29 is 9.72 Å². The molecule has 0 saturated heterocycles. The van der Waals surface area contributed by atoms with E-state index >= 15 is 0 Å². The lowest BCUT2D eigenvalue weighted by atomic mass is 10.1. The van der Waals surface area contributed by atoms with Gasteiger partial charge in [0, 0.05) is 12.1 Å². The molecule has 5 nitrogen and oxygen atoms in total. The quantitative estimate of drug-likeness (QED) is 0.380. The van der Waals surface area contributed by atoms with Crippen LogP contribution in [0.25, 0.3) is 11.1 Å². The van der Waals surface area contributed by atoms with Crippen LogP contribution in [0.5, 0.6) is 0 Å². The zero-order chi connectivity index (χ0) is 13.4. The standard InChI is InChI=1S/C12H9NO2.CHNO/c14-13(15)12-8-6-11(7-9-12)10-4-2-1-3-5-10;2-1-3/h1-9H;2H. The molecule has 5 heteroatoms. The van der Waals surface area contributed by atoms with Crippen LogP contribution >= 0.6 is 0 Å². The number of hydrogen-bond acceptors (Lipinski definition) is 4. The van der Waals surface area contributed by atoms with E-state index in [-0.39, 0.29) is 5.69 Å². The van der Waals surface area contributed by atoms with Crippen LogP contribution in [0.15, 0.2) is 54.6 Å². The van der Waals surface area contributed by atoms with E-state index in [0.29, 0.717) is 0 Å². The molecular weight excluding hydrogens is 232 g/mol. The van der Waals surface area contributed by atoms with Gasteiger partial charge in [-0.05, 0) is 23.3 Å². The fraction of sp³-hybridized carbons (Fsp3) is 0. The van der Waals surface area contributed by atoms with Crippen LogP contribution in [0.2, 0.25) is 0 Å². The molecule has 2 rings (SSSR count). The third-order valence-corrected chi connectivity index (χ3v) is 2.19. The van der Waals surface area contributed by atoms with Gasteiger partial charge in [0.2, 0.25) is 6.08 Å². The monoisotopic (exact) mass is 242 g/mol. The van der Waals surface area contributed by atoms with Crippen LogP contribution in [0, 0.1) is 15.5 Å². The number of nitrogens with zero attached hydrogens (tertiary/aromatic N) is 1. The summed E-state index contributed by atoms with van der Waals surface area (Å²) in [6, 6.07) is 16.3. The molecule has 0 unspecified atom stereocenters. The highest BCUT2D eigenvalue weighted by atomic mass is 16.6. The van der Waals surface area contributed by atoms with Crippen molar-refractivity contribution in [3.05, 3.63) is 64.7 Å². The van der Waals surface area contributed by atoms with Crippen molar-refractivity contribution in [3.63, 3.8) is 0 Å². The number of nitrogens with one attached hydrogen (secondary N) is 1. The van der Waals surface area contributed by atoms with E-state index in [2.05, 4.69) is 0 Å². The van der Waals surface area contributed by atoms with Crippen molar-refractivity contribution in [3.8, 4) is 11.1 Å². The highest BCUT2D eigenvalue weighted by Gasteiger charge is 2.04. The van der Waals surface area contributed by atoms with E-state index in [1.165, 1.54) is 12.1 Å². The predicted octanol–water partition coefficient (Wildman–Crippen LogP) is 3.16. The molecule has 0 aromatic heterocycles. The number of carbonyl (C=O) groups excluding carboxylic acids is 1. The molecule has 18 heavy (non-hydrogen) atoms. The van der Waals surface area contributed by atoms with E-state index in [0.717, 1.165) is 17.2 Å². The third kappa shape index (κ3) is 3.66. The second-order valence-corrected chi connectivity index (χ2v) is 3.27. The summed E-state index contributed by atoms with van der Waals surface area (Å²) in [5, 5.41) is 15.9. The number of benzene rings is 2. The largest absolute Gasteiger partial charge is 0.269 e. The second-order valence-electron chi connectivity index (χ2n) is 3.27. The van der Waals surface area contributed by atoms with Crippen LogP contribution in [-0.4, -0.2) is 11.0 Å². The molecule has 0 bridgehead atoms. The number of nitro groups is 1. The van der Waals surface area contributed by atoms with Crippen LogP contribution in [0.4, 0.5) is 5.69 Å². The lowest BCUT2D eigenvalue weighted by Gasteiger charge is -1.99. The Labute approximate surface area is 103 Å². The number of non-ortho nitro benzene ring substituents is 1. The van der Waals surface area contributed by atoms with Crippen LogP contribution < -0.4 is 0 Å². The molecule has 0 aliphatic rings. The molecule has 0 atom stereocenters. The molecule has 90 valence electrons. The van der Waals surface area contributed by atoms with Gasteiger partial charge in [-0.15, -0.1) is 0 Å². The zero-order valence-electron chi connectivity index (χ0n) is 9.37. The Morgan fingerprint density at radius 3 is 1.83 bits per heavy atom. The number of hydrogen-bond donors (Lipinski definition) is 1. The van der Waals surface area contributed by atoms with E-state index in [1.54, 1.807) is 12.1 Å². The van der Waals surface area contributed by atoms with Crippen LogP contribution in [0.3, 0.4) is 0 Å². The van der Waals surface area contributed by atoms with Crippen molar-refractivity contribution >= 4 is 11.8 Å². The van der Waals surface area contributed by atoms with E-state index in [1.807, 2.05) is 30.3 Å². The highest BCUT2D eigenvalue weighted by Crippen LogP contribution is 2.21. The molecule has 1 N–H and O–H groups in total. The molecule has 0 aliphatic heterocycles. The molecule has 0 amide bonds. The van der Waals surface area contributed by atoms with Gasteiger partial charge in [0.05, 0.1) is 4.92 Å². The van der Waals surface area contributed by atoms with Gasteiger partial charge in [0.1, 0.15) is 0 Å². The molecule has 2 aromatic carbocycles. The van der Waals surface area contributed by atoms with Gasteiger partial charge in [-0.2, -0.15) is 0 Å². The minimum absolute atomic E-state index is 0.120. The molecule has 0 fully saturated rings. The molecule has 0 spiro atoms. The van der Waals surface area contributed by atoms with Crippen LogP contribution in [0.1, 0.15) is 0 Å². The van der Waals surface area contributed by atoms with Crippen molar-refractivity contribution in [2.45, 2.75) is 0 Å². The fourth-order valence-electron chi connectivity index (χ4n) is 1.41. The first-order valence-electron chi connectivity index (χ1n) is 5.02. The summed E-state index contributed by atoms with van der Waals surface area (Å²) in [7, 11) is 0. The first-order chi connectivity index (χ1) is 8.69. The van der Waals surface area contributed by atoms with Gasteiger partial charge in [-0.1, -0.05) is 30.3 Å². The first-order valence-corrected chi connectivity index (χ1v) is 5.02. The smallest absolute Gasteiger partial charge is 0.258 e. The summed E-state index contributed by atoms with van der Waals surface area (Å²) < 4.78 is 0. The summed E-state index contributed by atoms with van der Waals surface area (Å²) in [4.78, 5) is 18.4. The molecule has 0 radical (unpaired) electrons. The highest BCUT2D eigenvalue weighted by molar-refractivity contribution is 5.64. The predicted molar refractivity (Wildman–Crippen MR) is 66.9 cm³/mol. The molecule has 2 aromatic rings. The van der Waals surface area contributed by atoms with Gasteiger partial charge in [0.15, 0.2) is 0 Å². The SMILES string of the molecule is N=C=O.O=[N+]([O-])c1ccc(-c2ccccc2)cc1. The van der Waals surface area contributed by atoms with Crippen molar-refractivity contribution in [2.24, 2.45) is 0 Å². The summed E-state index contributed by atoms with van der Waals surface area (Å²) >= 11 is 0. The average molecular weight is 242 g/mol. The lowest BCUT2D eigenvalue weighted by Crippen LogP contribution is -1.86. The maximum Gasteiger partial charge on any atom is 0.269 e. The maximum atomic E-state index is 10.5. The van der Waals surface area contributed by atoms with Gasteiger partial charge in [0.25, 0.3) is 5.69 Å². The summed E-state index contributed by atoms with van der Waals surface area (Å²) in [6.45, 7) is 0. The number of isocyanates is 1. The Morgan fingerprint density at radius 2 is 1.39 bits per heavy atom. The Bertz CT molecular complexity index is 544. The van der Waals surface area contributed by atoms with E-state index in [4.69, 9.17) is 10.2 Å². The fourth-order valence-corrected chi connectivity index (χ4v) is 1.41. The Balaban J connectivity index is 0.000000492. The lowest BCUT2D eigenvalue weighted by molar-refractivity contribution is -0.384. The summed E-state index contributed by atoms with van der Waals surface area (Å²) in [5.41, 5.74) is 2.17. The summed E-state index contributed by atoms with van der Waals surface area (Å²) in [5.74, 6) is 0. The minimum Gasteiger partial charge on any atom is -0.258 e. The van der Waals surface area contributed by atoms with E-state index in [9.17, 15) is 10.1 Å². The van der Waals surface area contributed by atoms with Gasteiger partial charge < -0.3 is 0 Å². The summed E-state index contributed by atoms with van der Waals surface area (Å²) in [6.07, 6.45) is 0.750. The van der Waals surface area contributed by atoms with Crippen molar-refractivity contribution in [1.29, 1.82) is 5.41 Å². The van der Waals surface area contributed by atoms with Crippen LogP contribution in [-0.2, 0) is 4.79 Å². The Morgan fingerprint density at radius 1 is 0.944 bits per heavy atom. The van der Waals surface area contributed by atoms with Gasteiger partial charge >= 0.3 is 0 Å². The zero-order valence-corrected chi connectivity index (χ0v) is 9.37. The minimum atomic E-state index is -0.394. The third-order valence-electron chi connectivity index (χ3n) is 2.19. The molecule has 0 aliphatic carbocycles. The topological polar surface area (TPSA) is 84.1 Å². The number of rotatable bonds is 2. The number of nitro benzene ring substituents is 1. The molecule has 0 heterocycles. The van der Waals surface area contributed by atoms with Crippen molar-refractivity contribution in [2.75, 3.05) is 0 Å². The molecular formula is C13H10N2O3. The van der Waals surface area contributed by atoms with Crippen molar-refractivity contribution in [1.82, 2.24) is 0 Å². The van der Waals surface area contributed by atoms with Gasteiger partial charge in [-0.25, -0.2) is 10.2 Å².